The maximum absolute atomic E-state index is 12.1. The van der Waals surface area contributed by atoms with Gasteiger partial charge in [-0.05, 0) is 49.4 Å². The van der Waals surface area contributed by atoms with Crippen molar-refractivity contribution in [1.82, 2.24) is 0 Å². The standard InChI is InChI=1S/C16H17ClN2O3/c1-10(22-13-6-4-12(21-2)5-7-13)16(20)19-11-3-8-14(17)15(18)9-11/h3-10H,18H2,1-2H3,(H,19,20)/t10-/m1/s1. The molecule has 0 spiro atoms. The summed E-state index contributed by atoms with van der Waals surface area (Å²) in [5.74, 6) is 1.03. The minimum Gasteiger partial charge on any atom is -0.497 e. The van der Waals surface area contributed by atoms with Gasteiger partial charge in [0.05, 0.1) is 17.8 Å². The van der Waals surface area contributed by atoms with E-state index in [1.54, 1.807) is 56.5 Å². The van der Waals surface area contributed by atoms with Crippen LogP contribution in [0, 0.1) is 0 Å². The Labute approximate surface area is 134 Å². The van der Waals surface area contributed by atoms with Gasteiger partial charge in [0.25, 0.3) is 5.91 Å². The number of anilines is 2. The molecule has 0 aliphatic rings. The lowest BCUT2D eigenvalue weighted by Crippen LogP contribution is -2.30. The molecule has 0 aliphatic heterocycles. The fourth-order valence-electron chi connectivity index (χ4n) is 1.78. The monoisotopic (exact) mass is 320 g/mol. The number of amides is 1. The highest BCUT2D eigenvalue weighted by Gasteiger charge is 2.15. The summed E-state index contributed by atoms with van der Waals surface area (Å²) in [5.41, 5.74) is 6.67. The Kier molecular flexibility index (Phi) is 5.12. The van der Waals surface area contributed by atoms with Gasteiger partial charge < -0.3 is 20.5 Å². The first-order valence-corrected chi connectivity index (χ1v) is 7.04. The van der Waals surface area contributed by atoms with Crippen LogP contribution in [-0.4, -0.2) is 19.1 Å². The van der Waals surface area contributed by atoms with E-state index in [0.29, 0.717) is 22.1 Å². The van der Waals surface area contributed by atoms with Crippen molar-refractivity contribution in [1.29, 1.82) is 0 Å². The van der Waals surface area contributed by atoms with Crippen LogP contribution in [0.2, 0.25) is 5.02 Å². The van der Waals surface area contributed by atoms with Gasteiger partial charge in [0.2, 0.25) is 0 Å². The minimum atomic E-state index is -0.662. The Bertz CT molecular complexity index is 659. The van der Waals surface area contributed by atoms with Crippen molar-refractivity contribution in [3.8, 4) is 11.5 Å². The third kappa shape index (κ3) is 4.05. The van der Waals surface area contributed by atoms with Crippen LogP contribution in [0.15, 0.2) is 42.5 Å². The van der Waals surface area contributed by atoms with Crippen LogP contribution in [0.1, 0.15) is 6.92 Å². The highest BCUT2D eigenvalue weighted by atomic mass is 35.5. The normalized spacial score (nSPS) is 11.6. The van der Waals surface area contributed by atoms with Crippen molar-refractivity contribution in [2.45, 2.75) is 13.0 Å². The number of nitrogen functional groups attached to an aromatic ring is 1. The molecule has 0 aromatic heterocycles. The Balaban J connectivity index is 1.97. The van der Waals surface area contributed by atoms with Gasteiger partial charge in [-0.15, -0.1) is 0 Å². The molecule has 2 aromatic rings. The summed E-state index contributed by atoms with van der Waals surface area (Å²) in [6.07, 6.45) is -0.662. The summed E-state index contributed by atoms with van der Waals surface area (Å²) in [6, 6.07) is 11.9. The summed E-state index contributed by atoms with van der Waals surface area (Å²) in [6.45, 7) is 1.67. The first-order valence-electron chi connectivity index (χ1n) is 6.66. The van der Waals surface area contributed by atoms with Crippen molar-refractivity contribution < 1.29 is 14.3 Å². The van der Waals surface area contributed by atoms with E-state index in [4.69, 9.17) is 26.8 Å². The van der Waals surface area contributed by atoms with Crippen molar-refractivity contribution in [3.63, 3.8) is 0 Å². The SMILES string of the molecule is COc1ccc(O[C@H](C)C(=O)Nc2ccc(Cl)c(N)c2)cc1. The van der Waals surface area contributed by atoms with Crippen LogP contribution in [0.5, 0.6) is 11.5 Å². The van der Waals surface area contributed by atoms with E-state index >= 15 is 0 Å². The topological polar surface area (TPSA) is 73.6 Å². The summed E-state index contributed by atoms with van der Waals surface area (Å²) in [7, 11) is 1.59. The zero-order valence-electron chi connectivity index (χ0n) is 12.3. The molecule has 0 heterocycles. The Morgan fingerprint density at radius 3 is 2.41 bits per heavy atom. The van der Waals surface area contributed by atoms with E-state index in [1.807, 2.05) is 0 Å². The lowest BCUT2D eigenvalue weighted by Gasteiger charge is -2.15. The van der Waals surface area contributed by atoms with E-state index in [9.17, 15) is 4.79 Å². The molecule has 0 aliphatic carbocycles. The summed E-state index contributed by atoms with van der Waals surface area (Å²) in [5, 5.41) is 3.17. The van der Waals surface area contributed by atoms with Crippen molar-refractivity contribution in [2.75, 3.05) is 18.2 Å². The second-order valence-corrected chi connectivity index (χ2v) is 5.07. The molecule has 0 radical (unpaired) electrons. The molecule has 116 valence electrons. The molecule has 22 heavy (non-hydrogen) atoms. The van der Waals surface area contributed by atoms with Gasteiger partial charge in [-0.1, -0.05) is 11.6 Å². The van der Waals surface area contributed by atoms with E-state index in [-0.39, 0.29) is 5.91 Å². The summed E-state index contributed by atoms with van der Waals surface area (Å²) in [4.78, 5) is 12.1. The highest BCUT2D eigenvalue weighted by molar-refractivity contribution is 6.33. The smallest absolute Gasteiger partial charge is 0.265 e. The predicted octanol–water partition coefficient (Wildman–Crippen LogP) is 3.34. The molecular weight excluding hydrogens is 304 g/mol. The van der Waals surface area contributed by atoms with Gasteiger partial charge in [0, 0.05) is 5.69 Å². The molecule has 0 bridgehead atoms. The maximum Gasteiger partial charge on any atom is 0.265 e. The number of hydrogen-bond donors (Lipinski definition) is 2. The zero-order valence-corrected chi connectivity index (χ0v) is 13.1. The third-order valence-corrected chi connectivity index (χ3v) is 3.35. The van der Waals surface area contributed by atoms with Gasteiger partial charge in [-0.25, -0.2) is 0 Å². The highest BCUT2D eigenvalue weighted by Crippen LogP contribution is 2.23. The zero-order chi connectivity index (χ0) is 16.1. The third-order valence-electron chi connectivity index (χ3n) is 3.01. The lowest BCUT2D eigenvalue weighted by molar-refractivity contribution is -0.122. The fraction of sp³-hybridized carbons (Fsp3) is 0.188. The average molecular weight is 321 g/mol. The number of carbonyl (C=O) groups excluding carboxylic acids is 1. The molecule has 2 aromatic carbocycles. The van der Waals surface area contributed by atoms with Crippen LogP contribution in [0.3, 0.4) is 0 Å². The Morgan fingerprint density at radius 1 is 1.18 bits per heavy atom. The quantitative estimate of drug-likeness (QED) is 0.829. The van der Waals surface area contributed by atoms with Crippen LogP contribution in [0.25, 0.3) is 0 Å². The summed E-state index contributed by atoms with van der Waals surface area (Å²) >= 11 is 5.84. The van der Waals surface area contributed by atoms with Crippen molar-refractivity contribution in [3.05, 3.63) is 47.5 Å². The van der Waals surface area contributed by atoms with Gasteiger partial charge in [-0.3, -0.25) is 4.79 Å². The van der Waals surface area contributed by atoms with Crippen LogP contribution in [-0.2, 0) is 4.79 Å². The van der Waals surface area contributed by atoms with E-state index in [0.717, 1.165) is 5.75 Å². The molecule has 0 saturated carbocycles. The molecule has 0 unspecified atom stereocenters. The summed E-state index contributed by atoms with van der Waals surface area (Å²) < 4.78 is 10.6. The largest absolute Gasteiger partial charge is 0.497 e. The number of methoxy groups -OCH3 is 1. The molecular formula is C16H17ClN2O3. The van der Waals surface area contributed by atoms with Gasteiger partial charge in [-0.2, -0.15) is 0 Å². The maximum atomic E-state index is 12.1. The fourth-order valence-corrected chi connectivity index (χ4v) is 1.89. The minimum absolute atomic E-state index is 0.280. The molecule has 1 amide bonds. The molecule has 6 heteroatoms. The van der Waals surface area contributed by atoms with E-state index in [2.05, 4.69) is 5.32 Å². The van der Waals surface area contributed by atoms with Gasteiger partial charge in [0.15, 0.2) is 6.10 Å². The first kappa shape index (κ1) is 16.0. The first-order chi connectivity index (χ1) is 10.5. The number of carbonyl (C=O) groups is 1. The molecule has 0 saturated heterocycles. The predicted molar refractivity (Wildman–Crippen MR) is 87.6 cm³/mol. The van der Waals surface area contributed by atoms with E-state index < -0.39 is 6.10 Å². The van der Waals surface area contributed by atoms with Gasteiger partial charge in [0.1, 0.15) is 11.5 Å². The second kappa shape index (κ2) is 7.04. The Morgan fingerprint density at radius 2 is 1.82 bits per heavy atom. The number of benzene rings is 2. The second-order valence-electron chi connectivity index (χ2n) is 4.66. The number of nitrogens with two attached hydrogens (primary N) is 1. The van der Waals surface area contributed by atoms with E-state index in [1.165, 1.54) is 0 Å². The molecule has 3 N–H and O–H groups in total. The van der Waals surface area contributed by atoms with Crippen molar-refractivity contribution in [2.24, 2.45) is 0 Å². The van der Waals surface area contributed by atoms with Crippen LogP contribution >= 0.6 is 11.6 Å². The number of halogens is 1. The number of hydrogen-bond acceptors (Lipinski definition) is 4. The molecule has 1 atom stereocenters. The van der Waals surface area contributed by atoms with Crippen LogP contribution in [0.4, 0.5) is 11.4 Å². The Hall–Kier alpha value is -2.40. The lowest BCUT2D eigenvalue weighted by atomic mass is 10.2. The molecule has 5 nitrogen and oxygen atoms in total. The number of rotatable bonds is 5. The average Bonchev–Trinajstić information content (AvgIpc) is 2.51. The van der Waals surface area contributed by atoms with Gasteiger partial charge >= 0.3 is 0 Å². The van der Waals surface area contributed by atoms with Crippen LogP contribution < -0.4 is 20.5 Å². The molecule has 0 fully saturated rings. The number of nitrogens with one attached hydrogen (secondary N) is 1. The number of ether oxygens (including phenoxy) is 2. The van der Waals surface area contributed by atoms with Crippen molar-refractivity contribution >= 4 is 28.9 Å². The molecule has 2 rings (SSSR count).